The van der Waals surface area contributed by atoms with Gasteiger partial charge in [-0.1, -0.05) is 60.3 Å². The van der Waals surface area contributed by atoms with Gasteiger partial charge in [-0.25, -0.2) is 18.1 Å². The predicted octanol–water partition coefficient (Wildman–Crippen LogP) is 9.54. The van der Waals surface area contributed by atoms with Gasteiger partial charge < -0.3 is 21.7 Å². The zero-order valence-corrected chi connectivity index (χ0v) is 40.5. The lowest BCUT2D eigenvalue weighted by Gasteiger charge is -2.38. The Labute approximate surface area is 405 Å². The average Bonchev–Trinajstić information content (AvgIpc) is 4.00. The van der Waals surface area contributed by atoms with Crippen LogP contribution in [0.5, 0.6) is 0 Å². The summed E-state index contributed by atoms with van der Waals surface area (Å²) in [7, 11) is 0. The molecule has 4 fully saturated rings. The van der Waals surface area contributed by atoms with Crippen LogP contribution in [0.3, 0.4) is 0 Å². The minimum atomic E-state index is -0.749. The standard InChI is InChI=1S/C12H11ClN2O2.C12H11IN2O2.C11H12ClN3.C11H12IN3/c2*13-9-6-14-15-7-8(2-3-10(9)15)12(11(16)17)4-1-5-12;2*12-9-6-14-15-7-8(2-3-10(9)15)11(13)4-1-5-11/h2*2-3,6-7H,1,4-5H2,(H,16,17);2*2-3,6-7H,1,4-5,13H2. The van der Waals surface area contributed by atoms with E-state index in [9.17, 15) is 19.8 Å². The highest BCUT2D eigenvalue weighted by atomic mass is 127. The average molecular weight is 1130 g/mol. The van der Waals surface area contributed by atoms with Crippen molar-refractivity contribution in [2.45, 2.75) is 99.0 Å². The lowest BCUT2D eigenvalue weighted by molar-refractivity contribution is -0.148. The van der Waals surface area contributed by atoms with Crippen LogP contribution in [0.1, 0.15) is 99.3 Å². The normalized spacial score (nSPS) is 18.5. The molecule has 0 unspecified atom stereocenters. The summed E-state index contributed by atoms with van der Waals surface area (Å²) in [4.78, 5) is 22.8. The molecule has 332 valence electrons. The van der Waals surface area contributed by atoms with Gasteiger partial charge in [0.1, 0.15) is 0 Å². The largest absolute Gasteiger partial charge is 0.481 e. The third kappa shape index (κ3) is 8.05. The summed E-state index contributed by atoms with van der Waals surface area (Å²) in [6.07, 6.45) is 26.1. The van der Waals surface area contributed by atoms with E-state index in [1.165, 1.54) is 22.0 Å². The second-order valence-electron chi connectivity index (χ2n) is 17.5. The van der Waals surface area contributed by atoms with Gasteiger partial charge in [0.15, 0.2) is 0 Å². The Morgan fingerprint density at radius 3 is 1.09 bits per heavy atom. The molecule has 4 aliphatic carbocycles. The molecule has 0 radical (unpaired) electrons. The quantitative estimate of drug-likeness (QED) is 0.116. The molecule has 18 heteroatoms. The highest BCUT2D eigenvalue weighted by Gasteiger charge is 2.47. The zero-order valence-electron chi connectivity index (χ0n) is 34.7. The molecule has 64 heavy (non-hydrogen) atoms. The molecular weight excluding hydrogens is 1080 g/mol. The second kappa shape index (κ2) is 17.5. The molecule has 4 aliphatic rings. The van der Waals surface area contributed by atoms with Gasteiger partial charge in [0, 0.05) is 35.9 Å². The minimum absolute atomic E-state index is 0.0917. The van der Waals surface area contributed by atoms with Crippen molar-refractivity contribution in [3.8, 4) is 0 Å². The van der Waals surface area contributed by atoms with Crippen molar-refractivity contribution in [2.24, 2.45) is 11.5 Å². The highest BCUT2D eigenvalue weighted by molar-refractivity contribution is 14.1. The summed E-state index contributed by atoms with van der Waals surface area (Å²) < 4.78 is 9.38. The van der Waals surface area contributed by atoms with E-state index in [1.807, 2.05) is 53.4 Å². The van der Waals surface area contributed by atoms with Crippen molar-refractivity contribution in [1.82, 2.24) is 38.5 Å². The number of rotatable bonds is 6. The maximum atomic E-state index is 11.4. The molecule has 12 rings (SSSR count). The number of carbonyl (C=O) groups is 2. The molecule has 0 atom stereocenters. The number of pyridine rings is 4. The van der Waals surface area contributed by atoms with Gasteiger partial charge in [-0.3, -0.25) is 9.59 Å². The summed E-state index contributed by atoms with van der Waals surface area (Å²) in [6.45, 7) is 0. The van der Waals surface area contributed by atoms with Crippen LogP contribution in [0.25, 0.3) is 22.1 Å². The number of nitrogens with zero attached hydrogens (tertiary/aromatic N) is 8. The molecule has 8 aromatic heterocycles. The molecule has 0 saturated heterocycles. The van der Waals surface area contributed by atoms with E-state index in [4.69, 9.17) is 34.7 Å². The van der Waals surface area contributed by atoms with Crippen LogP contribution < -0.4 is 11.5 Å². The Hall–Kier alpha value is -4.34. The van der Waals surface area contributed by atoms with Crippen molar-refractivity contribution in [3.63, 3.8) is 0 Å². The van der Waals surface area contributed by atoms with E-state index >= 15 is 0 Å². The predicted molar refractivity (Wildman–Crippen MR) is 262 cm³/mol. The third-order valence-electron chi connectivity index (χ3n) is 13.9. The number of carboxylic acids is 2. The van der Waals surface area contributed by atoms with Crippen LogP contribution in [-0.2, 0) is 31.5 Å². The van der Waals surface area contributed by atoms with Crippen LogP contribution in [0.15, 0.2) is 98.1 Å². The smallest absolute Gasteiger partial charge is 0.314 e. The third-order valence-corrected chi connectivity index (χ3v) is 16.1. The highest BCUT2D eigenvalue weighted by Crippen LogP contribution is 2.45. The SMILES string of the molecule is NC1(c2ccc3c(Cl)cnn3c2)CCC1.NC1(c2ccc3c(I)cnn3c2)CCC1.O=C(O)C1(c2ccc3c(Cl)cnn3c2)CCC1.O=C(O)C1(c2ccc3c(I)cnn3c2)CCC1. The van der Waals surface area contributed by atoms with Gasteiger partial charge in [0.25, 0.3) is 0 Å². The van der Waals surface area contributed by atoms with Crippen LogP contribution in [0.2, 0.25) is 10.0 Å². The topological polar surface area (TPSA) is 196 Å². The van der Waals surface area contributed by atoms with E-state index in [0.29, 0.717) is 22.9 Å². The van der Waals surface area contributed by atoms with Crippen molar-refractivity contribution in [1.29, 1.82) is 0 Å². The Bertz CT molecular complexity index is 2850. The van der Waals surface area contributed by atoms with Gasteiger partial charge in [-0.15, -0.1) is 0 Å². The van der Waals surface area contributed by atoms with Gasteiger partial charge >= 0.3 is 11.9 Å². The molecule has 0 bridgehead atoms. The number of nitrogens with two attached hydrogens (primary N) is 2. The monoisotopic (exact) mass is 1130 g/mol. The van der Waals surface area contributed by atoms with E-state index in [2.05, 4.69) is 90.0 Å². The first-order valence-electron chi connectivity index (χ1n) is 21.2. The fourth-order valence-electron chi connectivity index (χ4n) is 8.97. The fourth-order valence-corrected chi connectivity index (χ4v) is 10.5. The summed E-state index contributed by atoms with van der Waals surface area (Å²) in [5.74, 6) is -1.47. The molecule has 14 nitrogen and oxygen atoms in total. The minimum Gasteiger partial charge on any atom is -0.481 e. The van der Waals surface area contributed by atoms with Gasteiger partial charge in [-0.05, 0) is 156 Å². The number of halogens is 4. The van der Waals surface area contributed by atoms with Gasteiger partial charge in [-0.2, -0.15) is 20.4 Å². The van der Waals surface area contributed by atoms with Crippen molar-refractivity contribution in [3.05, 3.63) is 138 Å². The van der Waals surface area contributed by atoms with Crippen molar-refractivity contribution in [2.75, 3.05) is 0 Å². The Morgan fingerprint density at radius 2 is 0.781 bits per heavy atom. The van der Waals surface area contributed by atoms with Crippen LogP contribution in [0.4, 0.5) is 0 Å². The molecule has 0 spiro atoms. The molecule has 0 amide bonds. The number of aromatic nitrogens is 8. The molecule has 8 aromatic rings. The number of fused-ring (bicyclic) bond motifs is 4. The van der Waals surface area contributed by atoms with E-state index in [-0.39, 0.29) is 11.1 Å². The van der Waals surface area contributed by atoms with Gasteiger partial charge in [0.05, 0.1) is 74.9 Å². The lowest BCUT2D eigenvalue weighted by atomic mass is 9.65. The maximum absolute atomic E-state index is 11.4. The van der Waals surface area contributed by atoms with Gasteiger partial charge in [0.2, 0.25) is 0 Å². The maximum Gasteiger partial charge on any atom is 0.314 e. The van der Waals surface area contributed by atoms with Crippen LogP contribution in [-0.4, -0.2) is 60.6 Å². The Balaban J connectivity index is 0.000000108. The number of aliphatic carboxylic acids is 2. The Morgan fingerprint density at radius 1 is 0.484 bits per heavy atom. The molecule has 4 saturated carbocycles. The first-order chi connectivity index (χ1) is 30.6. The van der Waals surface area contributed by atoms with Crippen molar-refractivity contribution < 1.29 is 19.8 Å². The summed E-state index contributed by atoms with van der Waals surface area (Å²) >= 11 is 16.4. The first kappa shape index (κ1) is 44.8. The summed E-state index contributed by atoms with van der Waals surface area (Å²) in [6, 6.07) is 15.8. The van der Waals surface area contributed by atoms with Crippen LogP contribution in [0, 0.1) is 7.14 Å². The molecule has 0 aliphatic heterocycles. The van der Waals surface area contributed by atoms with E-state index in [0.717, 1.165) is 93.7 Å². The fraction of sp³-hybridized carbons (Fsp3) is 0.348. The number of carboxylic acid groups (broad SMARTS) is 2. The van der Waals surface area contributed by atoms with E-state index < -0.39 is 22.8 Å². The van der Waals surface area contributed by atoms with Crippen molar-refractivity contribution >= 4 is 102 Å². The molecule has 6 N–H and O–H groups in total. The Kier molecular flexibility index (Phi) is 12.2. The lowest BCUT2D eigenvalue weighted by Crippen LogP contribution is -2.43. The summed E-state index contributed by atoms with van der Waals surface area (Å²) in [5.41, 5.74) is 18.9. The molecule has 0 aromatic carbocycles. The zero-order chi connectivity index (χ0) is 45.0. The summed E-state index contributed by atoms with van der Waals surface area (Å²) in [5, 5.41) is 36.8. The first-order valence-corrected chi connectivity index (χ1v) is 24.1. The molecular formula is C46H46Cl2I2N10O4. The van der Waals surface area contributed by atoms with Crippen LogP contribution >= 0.6 is 68.4 Å². The second-order valence-corrected chi connectivity index (χ2v) is 20.6. The molecule has 8 heterocycles. The number of hydrogen-bond donors (Lipinski definition) is 4. The van der Waals surface area contributed by atoms with E-state index in [1.54, 1.807) is 38.3 Å². The number of hydrogen-bond acceptors (Lipinski definition) is 8.